The normalized spacial score (nSPS) is 23.2. The number of fused-ring (bicyclic) bond motifs is 1. The third kappa shape index (κ3) is 5.20. The summed E-state index contributed by atoms with van der Waals surface area (Å²) in [5, 5.41) is 13.9. The molecule has 0 bridgehead atoms. The summed E-state index contributed by atoms with van der Waals surface area (Å²) in [6, 6.07) is 8.52. The lowest BCUT2D eigenvalue weighted by Gasteiger charge is -2.33. The van der Waals surface area contributed by atoms with Crippen LogP contribution in [-0.2, 0) is 0 Å². The van der Waals surface area contributed by atoms with Crippen molar-refractivity contribution >= 4 is 34.8 Å². The Morgan fingerprint density at radius 2 is 1.74 bits per heavy atom. The van der Waals surface area contributed by atoms with Crippen LogP contribution in [0.3, 0.4) is 0 Å². The minimum atomic E-state index is -0.546. The lowest BCUT2D eigenvalue weighted by atomic mass is 9.84. The summed E-state index contributed by atoms with van der Waals surface area (Å²) in [6.45, 7) is 8.04. The van der Waals surface area contributed by atoms with E-state index in [-0.39, 0.29) is 0 Å². The maximum atomic E-state index is 10.3. The van der Waals surface area contributed by atoms with Gasteiger partial charge in [-0.3, -0.25) is 0 Å². The third-order valence-electron chi connectivity index (χ3n) is 7.00. The van der Waals surface area contributed by atoms with Crippen LogP contribution >= 0.6 is 0 Å². The first-order valence-electron chi connectivity index (χ1n) is 12.4. The summed E-state index contributed by atoms with van der Waals surface area (Å²) in [5.41, 5.74) is 4.14. The number of nitrogens with zero attached hydrogens (tertiary/aromatic N) is 5. The van der Waals surface area contributed by atoms with Crippen LogP contribution in [0.15, 0.2) is 24.3 Å². The predicted octanol–water partition coefficient (Wildman–Crippen LogP) is 4.91. The number of aliphatic hydroxyl groups is 1. The van der Waals surface area contributed by atoms with Crippen molar-refractivity contribution in [1.82, 2.24) is 19.9 Å². The van der Waals surface area contributed by atoms with Gasteiger partial charge in [0.15, 0.2) is 5.82 Å². The van der Waals surface area contributed by atoms with Crippen molar-refractivity contribution in [2.24, 2.45) is 0 Å². The Kier molecular flexibility index (Phi) is 6.21. The predicted molar refractivity (Wildman–Crippen MR) is 138 cm³/mol. The molecule has 1 aliphatic carbocycles. The molecule has 34 heavy (non-hydrogen) atoms. The van der Waals surface area contributed by atoms with Gasteiger partial charge < -0.3 is 15.3 Å². The van der Waals surface area contributed by atoms with Gasteiger partial charge in [-0.15, -0.1) is 0 Å². The van der Waals surface area contributed by atoms with Gasteiger partial charge in [0.2, 0.25) is 0 Å². The number of anilines is 2. The van der Waals surface area contributed by atoms with Gasteiger partial charge in [0, 0.05) is 25.2 Å². The van der Waals surface area contributed by atoms with Crippen LogP contribution in [0.4, 0.5) is 11.6 Å². The second-order valence-corrected chi connectivity index (χ2v) is 10.1. The van der Waals surface area contributed by atoms with Crippen LogP contribution in [0.2, 0.25) is 0 Å². The molecular formula is C27H34N6O. The van der Waals surface area contributed by atoms with Gasteiger partial charge in [0.25, 0.3) is 0 Å². The molecule has 2 fully saturated rings. The molecule has 7 heteroatoms. The number of nitrogens with one attached hydrogen (secondary N) is 1. The van der Waals surface area contributed by atoms with Crippen molar-refractivity contribution in [1.29, 1.82) is 0 Å². The van der Waals surface area contributed by atoms with E-state index in [9.17, 15) is 5.11 Å². The highest BCUT2D eigenvalue weighted by Gasteiger charge is 2.29. The van der Waals surface area contributed by atoms with E-state index >= 15 is 0 Å². The molecule has 1 saturated carbocycles. The standard InChI is InChI=1S/C27H34N6O/c1-18-6-7-22-23(16-18)30-21(19(2)28-22)8-9-24-31-25(17-26(32-24)33-14-4-5-15-33)29-20-10-12-27(3,34)13-11-20/h6-9,16-17,20,34H,4-5,10-15H2,1-3H3,(H,29,31,32)/b9-8+/t20-,27-. The Morgan fingerprint density at radius 1 is 0.971 bits per heavy atom. The van der Waals surface area contributed by atoms with Crippen LogP contribution in [0.25, 0.3) is 23.2 Å². The quantitative estimate of drug-likeness (QED) is 0.561. The molecule has 2 aromatic heterocycles. The molecule has 0 radical (unpaired) electrons. The number of hydrogen-bond donors (Lipinski definition) is 2. The topological polar surface area (TPSA) is 87.1 Å². The third-order valence-corrected chi connectivity index (χ3v) is 7.00. The molecule has 0 amide bonds. The van der Waals surface area contributed by atoms with E-state index in [1.807, 2.05) is 32.1 Å². The maximum absolute atomic E-state index is 10.3. The Bertz CT molecular complexity index is 1210. The molecular weight excluding hydrogens is 424 g/mol. The molecule has 178 valence electrons. The van der Waals surface area contributed by atoms with Gasteiger partial charge in [0.1, 0.15) is 11.6 Å². The van der Waals surface area contributed by atoms with Crippen molar-refractivity contribution in [3.8, 4) is 0 Å². The minimum Gasteiger partial charge on any atom is -0.390 e. The van der Waals surface area contributed by atoms with E-state index in [1.165, 1.54) is 18.4 Å². The molecule has 3 aromatic rings. The first-order chi connectivity index (χ1) is 16.3. The number of hydrogen-bond acceptors (Lipinski definition) is 7. The van der Waals surface area contributed by atoms with E-state index in [2.05, 4.69) is 35.3 Å². The number of aryl methyl sites for hydroxylation is 2. The second kappa shape index (κ2) is 9.29. The average Bonchev–Trinajstić information content (AvgIpc) is 3.34. The van der Waals surface area contributed by atoms with Crippen molar-refractivity contribution < 1.29 is 5.11 Å². The van der Waals surface area contributed by atoms with E-state index in [1.54, 1.807) is 0 Å². The van der Waals surface area contributed by atoms with Crippen molar-refractivity contribution in [2.45, 2.75) is 70.9 Å². The zero-order valence-corrected chi connectivity index (χ0v) is 20.4. The zero-order chi connectivity index (χ0) is 23.7. The van der Waals surface area contributed by atoms with Gasteiger partial charge >= 0.3 is 0 Å². The van der Waals surface area contributed by atoms with Crippen LogP contribution in [0, 0.1) is 13.8 Å². The fraction of sp³-hybridized carbons (Fsp3) is 0.481. The van der Waals surface area contributed by atoms with Crippen LogP contribution in [0.1, 0.15) is 68.2 Å². The van der Waals surface area contributed by atoms with E-state index in [0.29, 0.717) is 11.9 Å². The van der Waals surface area contributed by atoms with Crippen molar-refractivity contribution in [3.05, 3.63) is 47.0 Å². The lowest BCUT2D eigenvalue weighted by molar-refractivity contribution is 0.0196. The Morgan fingerprint density at radius 3 is 2.50 bits per heavy atom. The molecule has 1 aliphatic heterocycles. The van der Waals surface area contributed by atoms with Gasteiger partial charge in [-0.2, -0.15) is 0 Å². The SMILES string of the molecule is Cc1ccc2nc(C)c(/C=C/c3nc(N[C@H]4CC[C@](C)(O)CC4)cc(N4CCCC4)n3)nc2c1. The highest BCUT2D eigenvalue weighted by Crippen LogP contribution is 2.30. The smallest absolute Gasteiger partial charge is 0.156 e. The van der Waals surface area contributed by atoms with Gasteiger partial charge in [-0.25, -0.2) is 19.9 Å². The van der Waals surface area contributed by atoms with E-state index in [0.717, 1.165) is 72.8 Å². The average molecular weight is 459 g/mol. The van der Waals surface area contributed by atoms with Crippen molar-refractivity contribution in [2.75, 3.05) is 23.3 Å². The zero-order valence-electron chi connectivity index (χ0n) is 20.4. The molecule has 3 heterocycles. The summed E-state index contributed by atoms with van der Waals surface area (Å²) >= 11 is 0. The number of rotatable bonds is 5. The summed E-state index contributed by atoms with van der Waals surface area (Å²) in [5.74, 6) is 2.48. The summed E-state index contributed by atoms with van der Waals surface area (Å²) in [4.78, 5) is 21.5. The molecule has 5 rings (SSSR count). The highest BCUT2D eigenvalue weighted by atomic mass is 16.3. The summed E-state index contributed by atoms with van der Waals surface area (Å²) in [6.07, 6.45) is 9.78. The Hall–Kier alpha value is -3.06. The fourth-order valence-electron chi connectivity index (χ4n) is 4.88. The van der Waals surface area contributed by atoms with Gasteiger partial charge in [-0.1, -0.05) is 6.07 Å². The summed E-state index contributed by atoms with van der Waals surface area (Å²) < 4.78 is 0. The van der Waals surface area contributed by atoms with Crippen LogP contribution in [0.5, 0.6) is 0 Å². The van der Waals surface area contributed by atoms with Crippen molar-refractivity contribution in [3.63, 3.8) is 0 Å². The monoisotopic (exact) mass is 458 g/mol. The number of aromatic nitrogens is 4. The first kappa shape index (κ1) is 22.7. The first-order valence-corrected chi connectivity index (χ1v) is 12.4. The molecule has 2 aliphatic rings. The lowest BCUT2D eigenvalue weighted by Crippen LogP contribution is -2.36. The molecule has 2 N–H and O–H groups in total. The Balaban J connectivity index is 1.42. The van der Waals surface area contributed by atoms with Crippen LogP contribution < -0.4 is 10.2 Å². The summed E-state index contributed by atoms with van der Waals surface area (Å²) in [7, 11) is 0. The van der Waals surface area contributed by atoms with E-state index in [4.69, 9.17) is 19.9 Å². The molecule has 1 saturated heterocycles. The molecule has 7 nitrogen and oxygen atoms in total. The molecule has 0 unspecified atom stereocenters. The fourth-order valence-corrected chi connectivity index (χ4v) is 4.88. The molecule has 1 aromatic carbocycles. The van der Waals surface area contributed by atoms with E-state index < -0.39 is 5.60 Å². The maximum Gasteiger partial charge on any atom is 0.156 e. The van der Waals surface area contributed by atoms with Crippen LogP contribution in [-0.4, -0.2) is 49.8 Å². The second-order valence-electron chi connectivity index (χ2n) is 10.1. The van der Waals surface area contributed by atoms with Gasteiger partial charge in [-0.05, 0) is 89.1 Å². The van der Waals surface area contributed by atoms with Gasteiger partial charge in [0.05, 0.1) is 28.0 Å². The largest absolute Gasteiger partial charge is 0.390 e. The minimum absolute atomic E-state index is 0.315. The highest BCUT2D eigenvalue weighted by molar-refractivity contribution is 5.78. The number of benzene rings is 1. The molecule has 0 atom stereocenters. The Labute approximate surface area is 201 Å². The molecule has 0 spiro atoms.